The molecule has 1 saturated heterocycles. The fourth-order valence-corrected chi connectivity index (χ4v) is 3.27. The van der Waals surface area contributed by atoms with E-state index in [1.54, 1.807) is 19.5 Å². The first-order chi connectivity index (χ1) is 8.24. The molecule has 1 aromatic rings. The van der Waals surface area contributed by atoms with Gasteiger partial charge in [0.1, 0.15) is 5.69 Å². The van der Waals surface area contributed by atoms with Crippen LogP contribution >= 0.6 is 11.8 Å². The quantitative estimate of drug-likeness (QED) is 0.849. The van der Waals surface area contributed by atoms with Gasteiger partial charge in [0.2, 0.25) is 5.88 Å². The Kier molecular flexibility index (Phi) is 4.20. The molecule has 2 N–H and O–H groups in total. The van der Waals surface area contributed by atoms with Gasteiger partial charge in [-0.1, -0.05) is 0 Å². The molecule has 0 amide bonds. The molecule has 0 aliphatic carbocycles. The van der Waals surface area contributed by atoms with Crippen molar-refractivity contribution < 1.29 is 4.74 Å². The van der Waals surface area contributed by atoms with Gasteiger partial charge in [-0.15, -0.1) is 0 Å². The monoisotopic (exact) mass is 254 g/mol. The average molecular weight is 254 g/mol. The summed E-state index contributed by atoms with van der Waals surface area (Å²) in [5.41, 5.74) is 7.04. The Hall–Kier alpha value is -0.850. The normalized spacial score (nSPS) is 23.4. The number of nitrogens with two attached hydrogens (primary N) is 1. The van der Waals surface area contributed by atoms with Gasteiger partial charge in [-0.25, -0.2) is 4.98 Å². The van der Waals surface area contributed by atoms with Crippen molar-refractivity contribution >= 4 is 11.8 Å². The number of methoxy groups -OCH3 is 1. The minimum absolute atomic E-state index is 0.156. The van der Waals surface area contributed by atoms with Crippen molar-refractivity contribution in [2.75, 3.05) is 32.2 Å². The van der Waals surface area contributed by atoms with Gasteiger partial charge in [-0.3, -0.25) is 9.88 Å². The molecule has 2 rings (SSSR count). The van der Waals surface area contributed by atoms with Gasteiger partial charge in [0.15, 0.2) is 0 Å². The fourth-order valence-electron chi connectivity index (χ4n) is 1.99. The van der Waals surface area contributed by atoms with Crippen LogP contribution in [0, 0.1) is 0 Å². The second-order valence-corrected chi connectivity index (χ2v) is 5.25. The summed E-state index contributed by atoms with van der Waals surface area (Å²) in [4.78, 5) is 10.7. The molecule has 0 saturated carbocycles. The predicted molar refractivity (Wildman–Crippen MR) is 69.3 cm³/mol. The van der Waals surface area contributed by atoms with Gasteiger partial charge in [0.05, 0.1) is 13.2 Å². The number of hydrogen-bond acceptors (Lipinski definition) is 6. The number of likely N-dealkylation sites (N-methyl/N-ethyl adjacent to an activating group) is 1. The van der Waals surface area contributed by atoms with Crippen LogP contribution in [-0.2, 0) is 0 Å². The van der Waals surface area contributed by atoms with Crippen LogP contribution < -0.4 is 10.5 Å². The lowest BCUT2D eigenvalue weighted by Gasteiger charge is -2.35. The maximum absolute atomic E-state index is 6.30. The number of thioether (sulfide) groups is 1. The van der Waals surface area contributed by atoms with Crippen LogP contribution in [0.15, 0.2) is 12.4 Å². The van der Waals surface area contributed by atoms with Gasteiger partial charge in [0.25, 0.3) is 0 Å². The highest BCUT2D eigenvalue weighted by Crippen LogP contribution is 2.27. The zero-order valence-corrected chi connectivity index (χ0v) is 11.0. The first kappa shape index (κ1) is 12.6. The van der Waals surface area contributed by atoms with Crippen LogP contribution in [0.25, 0.3) is 0 Å². The van der Waals surface area contributed by atoms with Crippen molar-refractivity contribution in [3.05, 3.63) is 18.1 Å². The number of hydrogen-bond donors (Lipinski definition) is 1. The summed E-state index contributed by atoms with van der Waals surface area (Å²) in [6.45, 7) is 1.06. The summed E-state index contributed by atoms with van der Waals surface area (Å²) in [5.74, 6) is 2.72. The van der Waals surface area contributed by atoms with Crippen LogP contribution in [0.2, 0.25) is 0 Å². The molecule has 0 aromatic carbocycles. The molecule has 5 nitrogen and oxygen atoms in total. The third kappa shape index (κ3) is 2.70. The molecule has 2 heterocycles. The molecule has 1 aliphatic rings. The van der Waals surface area contributed by atoms with Gasteiger partial charge in [-0.2, -0.15) is 11.8 Å². The minimum Gasteiger partial charge on any atom is -0.480 e. The van der Waals surface area contributed by atoms with Crippen LogP contribution in [0.3, 0.4) is 0 Å². The molecular formula is C11H18N4OS. The van der Waals surface area contributed by atoms with E-state index in [4.69, 9.17) is 10.5 Å². The van der Waals surface area contributed by atoms with Crippen molar-refractivity contribution in [3.63, 3.8) is 0 Å². The average Bonchev–Trinajstić information content (AvgIpc) is 2.38. The lowest BCUT2D eigenvalue weighted by Crippen LogP contribution is -2.46. The molecule has 1 aromatic heterocycles. The Bertz CT molecular complexity index is 376. The van der Waals surface area contributed by atoms with E-state index in [-0.39, 0.29) is 6.04 Å². The maximum atomic E-state index is 6.30. The Balaban J connectivity index is 2.20. The van der Waals surface area contributed by atoms with Crippen molar-refractivity contribution in [1.82, 2.24) is 14.9 Å². The highest BCUT2D eigenvalue weighted by atomic mass is 32.2. The van der Waals surface area contributed by atoms with Crippen LogP contribution in [0.5, 0.6) is 5.88 Å². The SMILES string of the molecule is COc1nccnc1C(N)C1CSCCN1C. The molecule has 0 radical (unpaired) electrons. The highest BCUT2D eigenvalue weighted by molar-refractivity contribution is 7.99. The second kappa shape index (κ2) is 5.66. The summed E-state index contributed by atoms with van der Waals surface area (Å²) < 4.78 is 5.21. The maximum Gasteiger partial charge on any atom is 0.237 e. The summed E-state index contributed by atoms with van der Waals surface area (Å²) in [5, 5.41) is 0. The molecule has 6 heteroatoms. The Morgan fingerprint density at radius 2 is 2.29 bits per heavy atom. The smallest absolute Gasteiger partial charge is 0.237 e. The van der Waals surface area contributed by atoms with Crippen LogP contribution in [-0.4, -0.2) is 53.1 Å². The van der Waals surface area contributed by atoms with Crippen molar-refractivity contribution in [2.45, 2.75) is 12.1 Å². The predicted octanol–water partition coefficient (Wildman–Crippen LogP) is 0.532. The molecule has 94 valence electrons. The van der Waals surface area contributed by atoms with E-state index in [0.717, 1.165) is 23.7 Å². The third-order valence-electron chi connectivity index (χ3n) is 3.06. The Morgan fingerprint density at radius 1 is 1.53 bits per heavy atom. The van der Waals surface area contributed by atoms with E-state index < -0.39 is 0 Å². The van der Waals surface area contributed by atoms with E-state index in [9.17, 15) is 0 Å². The molecule has 0 spiro atoms. The second-order valence-electron chi connectivity index (χ2n) is 4.10. The minimum atomic E-state index is -0.156. The summed E-state index contributed by atoms with van der Waals surface area (Å²) in [6.07, 6.45) is 3.28. The Morgan fingerprint density at radius 3 is 3.00 bits per heavy atom. The van der Waals surface area contributed by atoms with Crippen LogP contribution in [0.4, 0.5) is 0 Å². The fraction of sp³-hybridized carbons (Fsp3) is 0.636. The summed E-state index contributed by atoms with van der Waals surface area (Å²) in [6, 6.07) is 0.135. The first-order valence-corrected chi connectivity index (χ1v) is 6.78. The van der Waals surface area contributed by atoms with Gasteiger partial charge < -0.3 is 10.5 Å². The summed E-state index contributed by atoms with van der Waals surface area (Å²) >= 11 is 1.93. The van der Waals surface area contributed by atoms with E-state index in [2.05, 4.69) is 21.9 Å². The van der Waals surface area contributed by atoms with Gasteiger partial charge in [-0.05, 0) is 7.05 Å². The molecule has 1 aliphatic heterocycles. The highest BCUT2D eigenvalue weighted by Gasteiger charge is 2.29. The van der Waals surface area contributed by atoms with Crippen molar-refractivity contribution in [2.24, 2.45) is 5.73 Å². The number of aromatic nitrogens is 2. The largest absolute Gasteiger partial charge is 0.480 e. The first-order valence-electron chi connectivity index (χ1n) is 5.62. The summed E-state index contributed by atoms with van der Waals surface area (Å²) in [7, 11) is 3.70. The van der Waals surface area contributed by atoms with Gasteiger partial charge >= 0.3 is 0 Å². The number of rotatable bonds is 3. The van der Waals surface area contributed by atoms with E-state index in [1.165, 1.54) is 0 Å². The molecule has 17 heavy (non-hydrogen) atoms. The zero-order valence-electron chi connectivity index (χ0n) is 10.2. The topological polar surface area (TPSA) is 64.3 Å². The standard InChI is InChI=1S/C11H18N4OS/c1-15-5-6-17-7-8(15)9(12)10-11(16-2)14-4-3-13-10/h3-4,8-9H,5-7,12H2,1-2H3. The number of nitrogens with zero attached hydrogens (tertiary/aromatic N) is 3. The third-order valence-corrected chi connectivity index (χ3v) is 4.11. The van der Waals surface area contributed by atoms with Crippen molar-refractivity contribution in [3.8, 4) is 5.88 Å². The van der Waals surface area contributed by atoms with Crippen LogP contribution in [0.1, 0.15) is 11.7 Å². The Labute approximate surface area is 106 Å². The lowest BCUT2D eigenvalue weighted by molar-refractivity contribution is 0.231. The van der Waals surface area contributed by atoms with Gasteiger partial charge in [0, 0.05) is 36.5 Å². The lowest BCUT2D eigenvalue weighted by atomic mass is 10.1. The molecule has 2 atom stereocenters. The van der Waals surface area contributed by atoms with Crippen molar-refractivity contribution in [1.29, 1.82) is 0 Å². The molecule has 2 unspecified atom stereocenters. The van der Waals surface area contributed by atoms with E-state index in [1.807, 2.05) is 11.8 Å². The van der Waals surface area contributed by atoms with E-state index in [0.29, 0.717) is 11.9 Å². The molecule has 0 bridgehead atoms. The molecule has 1 fully saturated rings. The number of ether oxygens (including phenoxy) is 1. The van der Waals surface area contributed by atoms with E-state index >= 15 is 0 Å². The molecular weight excluding hydrogens is 236 g/mol. The zero-order chi connectivity index (χ0) is 12.3.